The van der Waals surface area contributed by atoms with Crippen molar-refractivity contribution in [3.05, 3.63) is 97.2 Å². The van der Waals surface area contributed by atoms with E-state index in [0.717, 1.165) is 89.9 Å². The van der Waals surface area contributed by atoms with E-state index in [2.05, 4.69) is 116 Å². The fourth-order valence-electron chi connectivity index (χ4n) is 12.9. The first kappa shape index (κ1) is 90.1. The zero-order chi connectivity index (χ0) is 68.5. The number of hydrogen-bond acceptors (Lipinski definition) is 8. The molecular formula is C86H155NO8. The Balaban J connectivity index is 2.07. The maximum atomic E-state index is 13.2. The molecule has 1 heterocycles. The van der Waals surface area contributed by atoms with Crippen molar-refractivity contribution in [2.45, 2.75) is 429 Å². The summed E-state index contributed by atoms with van der Waals surface area (Å²) in [5.74, 6) is -0.142. The van der Waals surface area contributed by atoms with E-state index < -0.39 is 49.5 Å². The number of amides is 1. The number of aliphatic hydroxyl groups excluding tert-OH is 5. The second-order valence-corrected chi connectivity index (χ2v) is 28.2. The van der Waals surface area contributed by atoms with Gasteiger partial charge in [-0.15, -0.1) is 0 Å². The summed E-state index contributed by atoms with van der Waals surface area (Å²) in [6.45, 7) is 3.77. The molecule has 6 N–H and O–H groups in total. The minimum Gasteiger partial charge on any atom is -0.394 e. The van der Waals surface area contributed by atoms with E-state index in [1.165, 1.54) is 270 Å². The van der Waals surface area contributed by atoms with Crippen molar-refractivity contribution in [1.29, 1.82) is 0 Å². The van der Waals surface area contributed by atoms with E-state index in [-0.39, 0.29) is 12.5 Å². The fraction of sp³-hybridized carbons (Fsp3) is 0.802. The second-order valence-electron chi connectivity index (χ2n) is 28.2. The summed E-state index contributed by atoms with van der Waals surface area (Å²) < 4.78 is 11.4. The third-order valence-corrected chi connectivity index (χ3v) is 19.2. The molecule has 9 nitrogen and oxygen atoms in total. The molecular weight excluding hydrogens is 1170 g/mol. The van der Waals surface area contributed by atoms with Gasteiger partial charge in [0, 0.05) is 6.42 Å². The van der Waals surface area contributed by atoms with Crippen LogP contribution in [-0.2, 0) is 14.3 Å². The van der Waals surface area contributed by atoms with Crippen LogP contribution in [0.15, 0.2) is 97.2 Å². The molecule has 0 saturated carbocycles. The Hall–Kier alpha value is -2.89. The predicted molar refractivity (Wildman–Crippen MR) is 410 cm³/mol. The molecule has 0 aromatic carbocycles. The molecule has 1 aliphatic heterocycles. The maximum Gasteiger partial charge on any atom is 0.220 e. The van der Waals surface area contributed by atoms with Gasteiger partial charge in [0.25, 0.3) is 0 Å². The third kappa shape index (κ3) is 61.9. The first-order chi connectivity index (χ1) is 46.8. The van der Waals surface area contributed by atoms with Crippen LogP contribution in [0.4, 0.5) is 0 Å². The summed E-state index contributed by atoms with van der Waals surface area (Å²) in [6, 6.07) is -0.727. The van der Waals surface area contributed by atoms with Gasteiger partial charge in [0.15, 0.2) is 6.29 Å². The highest BCUT2D eigenvalue weighted by molar-refractivity contribution is 5.76. The highest BCUT2D eigenvalue weighted by atomic mass is 16.7. The lowest BCUT2D eigenvalue weighted by Gasteiger charge is -2.40. The maximum absolute atomic E-state index is 13.2. The Morgan fingerprint density at radius 2 is 0.653 bits per heavy atom. The van der Waals surface area contributed by atoms with Crippen molar-refractivity contribution in [2.75, 3.05) is 13.2 Å². The summed E-state index contributed by atoms with van der Waals surface area (Å²) in [4.78, 5) is 13.2. The van der Waals surface area contributed by atoms with E-state index in [0.29, 0.717) is 12.8 Å². The molecule has 0 aliphatic carbocycles. The van der Waals surface area contributed by atoms with Crippen LogP contribution in [0.5, 0.6) is 0 Å². The number of hydrogen-bond donors (Lipinski definition) is 6. The lowest BCUT2D eigenvalue weighted by molar-refractivity contribution is -0.302. The number of allylic oxidation sites excluding steroid dienone is 16. The van der Waals surface area contributed by atoms with Crippen LogP contribution in [0.1, 0.15) is 386 Å². The molecule has 1 amide bonds. The summed E-state index contributed by atoms with van der Waals surface area (Å²) >= 11 is 0. The van der Waals surface area contributed by atoms with Crippen LogP contribution in [0, 0.1) is 0 Å². The zero-order valence-corrected chi connectivity index (χ0v) is 62.2. The van der Waals surface area contributed by atoms with E-state index in [4.69, 9.17) is 9.47 Å². The topological polar surface area (TPSA) is 149 Å². The number of rotatable bonds is 72. The van der Waals surface area contributed by atoms with Gasteiger partial charge >= 0.3 is 0 Å². The summed E-state index contributed by atoms with van der Waals surface area (Å²) in [5.41, 5.74) is 0. The molecule has 7 atom stereocenters. The number of nitrogens with one attached hydrogen (secondary N) is 1. The molecule has 95 heavy (non-hydrogen) atoms. The van der Waals surface area contributed by atoms with Crippen molar-refractivity contribution in [2.24, 2.45) is 0 Å². The SMILES string of the molecule is CC/C=C\C/C=C\C/C=C\C/C=C\C/C=C\C/C=C\C/C=C\C/C=C\CCCCCCCCCCCCCCCCC(=O)NC(COC1OC(CO)C(O)C(O)C1O)C(O)CCCCCCCCCCCCCCCCCCCCCCCCCCCCCCCCCCC. The van der Waals surface area contributed by atoms with E-state index in [9.17, 15) is 30.3 Å². The van der Waals surface area contributed by atoms with Crippen molar-refractivity contribution in [1.82, 2.24) is 5.32 Å². The molecule has 0 spiro atoms. The van der Waals surface area contributed by atoms with Gasteiger partial charge in [0.05, 0.1) is 25.4 Å². The standard InChI is InChI=1S/C86H155NO8/c1-3-5-7-9-11-13-15-17-19-21-23-25-27-29-31-33-35-37-38-39-40-41-42-44-46-48-50-52-54-56-58-60-62-64-66-68-70-72-74-76-82(90)87-79(78-94-86-85(93)84(92)83(91)81(77-88)95-86)80(89)75-73-71-69-67-65-63-61-59-57-55-53-51-49-47-45-43-36-34-32-30-28-26-24-22-20-18-16-14-12-10-8-6-4-2/h5,7,11,13,17,19,23,25,29,31,35,37,39-40,42,44,79-81,83-86,88-89,91-93H,3-4,6,8-10,12,14-16,18,20-22,24,26-28,30,32-34,36,38,41,43,45-78H2,1-2H3,(H,87,90)/b7-5-,13-11-,19-17-,25-23-,31-29-,37-35-,40-39-,44-42-. The lowest BCUT2D eigenvalue weighted by atomic mass is 9.99. The molecule has 0 aromatic rings. The number of carbonyl (C=O) groups excluding carboxylic acids is 1. The molecule has 9 heteroatoms. The Morgan fingerprint density at radius 3 is 0.968 bits per heavy atom. The van der Waals surface area contributed by atoms with Gasteiger partial charge < -0.3 is 40.3 Å². The summed E-state index contributed by atoms with van der Waals surface area (Å²) in [5, 5.41) is 55.1. The van der Waals surface area contributed by atoms with Gasteiger partial charge in [-0.25, -0.2) is 0 Å². The second kappa shape index (κ2) is 73.8. The van der Waals surface area contributed by atoms with Crippen LogP contribution < -0.4 is 5.32 Å². The first-order valence-electron chi connectivity index (χ1n) is 40.9. The van der Waals surface area contributed by atoms with Crippen LogP contribution in [0.2, 0.25) is 0 Å². The smallest absolute Gasteiger partial charge is 0.220 e. The molecule has 7 unspecified atom stereocenters. The molecule has 1 saturated heterocycles. The fourth-order valence-corrected chi connectivity index (χ4v) is 12.9. The molecule has 0 bridgehead atoms. The van der Waals surface area contributed by atoms with Crippen molar-refractivity contribution < 1.29 is 39.8 Å². The number of aliphatic hydroxyl groups is 5. The van der Waals surface area contributed by atoms with Crippen LogP contribution >= 0.6 is 0 Å². The van der Waals surface area contributed by atoms with Crippen molar-refractivity contribution in [3.8, 4) is 0 Å². The van der Waals surface area contributed by atoms with Gasteiger partial charge in [-0.2, -0.15) is 0 Å². The number of ether oxygens (including phenoxy) is 2. The molecule has 1 rings (SSSR count). The first-order valence-corrected chi connectivity index (χ1v) is 40.9. The highest BCUT2D eigenvalue weighted by Gasteiger charge is 2.44. The van der Waals surface area contributed by atoms with Crippen LogP contribution in [0.3, 0.4) is 0 Å². The molecule has 0 aromatic heterocycles. The summed E-state index contributed by atoms with van der Waals surface area (Å²) in [6.07, 6.45) is 101. The Kier molecular flexibility index (Phi) is 70.0. The van der Waals surface area contributed by atoms with Gasteiger partial charge in [0.2, 0.25) is 5.91 Å². The Bertz CT molecular complexity index is 1840. The minimum atomic E-state index is -1.56. The van der Waals surface area contributed by atoms with Crippen LogP contribution in [-0.4, -0.2) is 87.5 Å². The molecule has 0 radical (unpaired) electrons. The predicted octanol–water partition coefficient (Wildman–Crippen LogP) is 23.8. The highest BCUT2D eigenvalue weighted by Crippen LogP contribution is 2.24. The van der Waals surface area contributed by atoms with Crippen molar-refractivity contribution >= 4 is 5.91 Å². The average Bonchev–Trinajstić information content (AvgIpc) is 0.836. The van der Waals surface area contributed by atoms with Gasteiger partial charge in [0.1, 0.15) is 24.4 Å². The average molecular weight is 1330 g/mol. The van der Waals surface area contributed by atoms with E-state index in [1.807, 2.05) is 0 Å². The van der Waals surface area contributed by atoms with E-state index in [1.54, 1.807) is 0 Å². The molecule has 1 aliphatic rings. The van der Waals surface area contributed by atoms with Gasteiger partial charge in [-0.05, 0) is 77.0 Å². The molecule has 552 valence electrons. The van der Waals surface area contributed by atoms with Crippen molar-refractivity contribution in [3.63, 3.8) is 0 Å². The number of unbranched alkanes of at least 4 members (excludes halogenated alkanes) is 46. The number of carbonyl (C=O) groups is 1. The van der Waals surface area contributed by atoms with Crippen LogP contribution in [0.25, 0.3) is 0 Å². The lowest BCUT2D eigenvalue weighted by Crippen LogP contribution is -2.60. The quantitative estimate of drug-likeness (QED) is 0.0261. The van der Waals surface area contributed by atoms with Gasteiger partial charge in [-0.3, -0.25) is 4.79 Å². The molecule has 1 fully saturated rings. The largest absolute Gasteiger partial charge is 0.394 e. The minimum absolute atomic E-state index is 0.139. The third-order valence-electron chi connectivity index (χ3n) is 19.2. The summed E-state index contributed by atoms with van der Waals surface area (Å²) in [7, 11) is 0. The van der Waals surface area contributed by atoms with E-state index >= 15 is 0 Å². The monoisotopic (exact) mass is 1330 g/mol. The zero-order valence-electron chi connectivity index (χ0n) is 62.2. The van der Waals surface area contributed by atoms with Gasteiger partial charge in [-0.1, -0.05) is 400 Å². The normalized spacial score (nSPS) is 18.0. The Morgan fingerprint density at radius 1 is 0.368 bits per heavy atom. The Labute approximate surface area is 587 Å².